The number of H-pyrrole nitrogens is 1. The van der Waals surface area contributed by atoms with E-state index in [4.69, 9.17) is 9.47 Å². The summed E-state index contributed by atoms with van der Waals surface area (Å²) < 4.78 is 26.6. The van der Waals surface area contributed by atoms with E-state index in [0.29, 0.717) is 48.0 Å². The number of ether oxygens (including phenoxy) is 2. The van der Waals surface area contributed by atoms with E-state index in [2.05, 4.69) is 24.9 Å². The van der Waals surface area contributed by atoms with Gasteiger partial charge in [-0.2, -0.15) is 0 Å². The molecule has 0 radical (unpaired) electrons. The fourth-order valence-electron chi connectivity index (χ4n) is 6.23. The van der Waals surface area contributed by atoms with Gasteiger partial charge in [0, 0.05) is 60.5 Å². The molecule has 1 N–H and O–H groups in total. The molecule has 47 heavy (non-hydrogen) atoms. The van der Waals surface area contributed by atoms with Gasteiger partial charge in [-0.05, 0) is 84.9 Å². The van der Waals surface area contributed by atoms with Crippen LogP contribution in [0.3, 0.4) is 0 Å². The summed E-state index contributed by atoms with van der Waals surface area (Å²) in [7, 11) is 0. The van der Waals surface area contributed by atoms with E-state index in [-0.39, 0.29) is 24.3 Å². The standard InChI is InChI=1S/C35H42FN7O4/c1-34(2,3)46-32(44)42-13-7-9-28(42)26-16-22(17-37-26)23-18-38-30(39-19-23)21-11-12-24(25(36)15-21)27-20-40-31(41-27)29-10-8-14-43(29)33(45)47-35(4,5)6/h11-12,15,17-20,28-29H,7-10,13-14,16H2,1-6H3,(H,40,41)/t28-,29-/m0/s1. The number of nitrogens with one attached hydrogen (secondary N) is 1. The minimum atomic E-state index is -0.596. The Kier molecular flexibility index (Phi) is 8.62. The van der Waals surface area contributed by atoms with Crippen LogP contribution in [0, 0.1) is 5.82 Å². The first-order valence-corrected chi connectivity index (χ1v) is 16.2. The van der Waals surface area contributed by atoms with Crippen LogP contribution in [0.1, 0.15) is 91.1 Å². The lowest BCUT2D eigenvalue weighted by atomic mass is 10.0. The maximum Gasteiger partial charge on any atom is 0.410 e. The molecule has 3 aromatic rings. The van der Waals surface area contributed by atoms with Crippen molar-refractivity contribution in [2.24, 2.45) is 4.99 Å². The Balaban J connectivity index is 1.10. The van der Waals surface area contributed by atoms with Gasteiger partial charge < -0.3 is 14.5 Å². The molecule has 0 unspecified atom stereocenters. The SMILES string of the molecule is CC(C)(C)OC(=O)N1CCC[C@H]1C1=NC=C(c2cnc(-c3ccc(-c4cnc([C@@H]5CCCN5C(=O)OC(C)(C)C)[nH]4)c(F)c3)nc2)C1. The lowest BCUT2D eigenvalue weighted by molar-refractivity contribution is 0.0216. The number of carbonyl (C=O) groups excluding carboxylic acids is 2. The lowest BCUT2D eigenvalue weighted by Crippen LogP contribution is -2.43. The van der Waals surface area contributed by atoms with Gasteiger partial charge in [-0.3, -0.25) is 14.8 Å². The highest BCUT2D eigenvalue weighted by Crippen LogP contribution is 2.34. The number of benzene rings is 1. The zero-order valence-corrected chi connectivity index (χ0v) is 27.8. The van der Waals surface area contributed by atoms with E-state index in [1.54, 1.807) is 40.5 Å². The maximum atomic E-state index is 15.4. The van der Waals surface area contributed by atoms with E-state index in [9.17, 15) is 9.59 Å². The van der Waals surface area contributed by atoms with Gasteiger partial charge in [-0.15, -0.1) is 0 Å². The van der Waals surface area contributed by atoms with E-state index in [1.165, 1.54) is 6.07 Å². The first kappa shape index (κ1) is 32.3. The third-order valence-corrected chi connectivity index (χ3v) is 8.36. The highest BCUT2D eigenvalue weighted by Gasteiger charge is 2.37. The quantitative estimate of drug-likeness (QED) is 0.309. The van der Waals surface area contributed by atoms with Crippen LogP contribution in [-0.4, -0.2) is 78.0 Å². The Bertz CT molecular complexity index is 1720. The number of hydrogen-bond donors (Lipinski definition) is 1. The topological polar surface area (TPSA) is 126 Å². The largest absolute Gasteiger partial charge is 0.444 e. The Morgan fingerprint density at radius 2 is 1.47 bits per heavy atom. The number of aliphatic imine (C=N–C) groups is 1. The molecule has 2 saturated heterocycles. The minimum absolute atomic E-state index is 0.0895. The molecule has 2 atom stereocenters. The van der Waals surface area contributed by atoms with Crippen molar-refractivity contribution < 1.29 is 23.5 Å². The third-order valence-electron chi connectivity index (χ3n) is 8.36. The van der Waals surface area contributed by atoms with Gasteiger partial charge in [0.1, 0.15) is 22.8 Å². The number of imidazole rings is 1. The minimum Gasteiger partial charge on any atom is -0.444 e. The van der Waals surface area contributed by atoms with Gasteiger partial charge in [-0.1, -0.05) is 6.07 Å². The summed E-state index contributed by atoms with van der Waals surface area (Å²) in [5.74, 6) is 0.558. The van der Waals surface area contributed by atoms with Crippen LogP contribution in [0.5, 0.6) is 0 Å². The van der Waals surface area contributed by atoms with Crippen LogP contribution < -0.4 is 0 Å². The van der Waals surface area contributed by atoms with Crippen molar-refractivity contribution >= 4 is 23.5 Å². The predicted molar refractivity (Wildman–Crippen MR) is 176 cm³/mol. The molecule has 1 aromatic carbocycles. The van der Waals surface area contributed by atoms with Crippen molar-refractivity contribution in [3.8, 4) is 22.6 Å². The molecule has 0 aliphatic carbocycles. The maximum absolute atomic E-state index is 15.4. The Hall–Kier alpha value is -4.61. The van der Waals surface area contributed by atoms with E-state index >= 15 is 4.39 Å². The third kappa shape index (κ3) is 7.21. The molecule has 11 nitrogen and oxygen atoms in total. The first-order chi connectivity index (χ1) is 22.3. The molecule has 12 heteroatoms. The summed E-state index contributed by atoms with van der Waals surface area (Å²) in [5.41, 5.74) is 2.99. The predicted octanol–water partition coefficient (Wildman–Crippen LogP) is 7.33. The number of likely N-dealkylation sites (tertiary alicyclic amines) is 2. The monoisotopic (exact) mass is 643 g/mol. The van der Waals surface area contributed by atoms with Gasteiger partial charge in [0.05, 0.1) is 24.0 Å². The molecule has 0 spiro atoms. The van der Waals surface area contributed by atoms with Gasteiger partial charge >= 0.3 is 12.2 Å². The van der Waals surface area contributed by atoms with Crippen molar-refractivity contribution in [2.45, 2.75) is 96.9 Å². The normalized spacial score (nSPS) is 20.0. The summed E-state index contributed by atoms with van der Waals surface area (Å²) in [6, 6.07) is 4.52. The van der Waals surface area contributed by atoms with E-state index in [0.717, 1.165) is 42.5 Å². The number of aromatic amines is 1. The zero-order valence-electron chi connectivity index (χ0n) is 27.8. The molecular formula is C35H42FN7O4. The highest BCUT2D eigenvalue weighted by atomic mass is 19.1. The summed E-state index contributed by atoms with van der Waals surface area (Å²) in [4.78, 5) is 50.4. The molecule has 0 saturated carbocycles. The summed E-state index contributed by atoms with van der Waals surface area (Å²) in [6.07, 6.45) is 10.1. The van der Waals surface area contributed by atoms with Crippen LogP contribution in [0.4, 0.5) is 14.0 Å². The first-order valence-electron chi connectivity index (χ1n) is 16.2. The molecule has 2 aromatic heterocycles. The van der Waals surface area contributed by atoms with Crippen molar-refractivity contribution in [2.75, 3.05) is 13.1 Å². The van der Waals surface area contributed by atoms with Gasteiger partial charge in [0.25, 0.3) is 0 Å². The summed E-state index contributed by atoms with van der Waals surface area (Å²) in [6.45, 7) is 12.3. The Morgan fingerprint density at radius 1 is 0.851 bits per heavy atom. The smallest absolute Gasteiger partial charge is 0.410 e. The van der Waals surface area contributed by atoms with E-state index in [1.807, 2.05) is 47.7 Å². The second-order valence-corrected chi connectivity index (χ2v) is 14.3. The molecular weight excluding hydrogens is 601 g/mol. The highest BCUT2D eigenvalue weighted by molar-refractivity contribution is 6.02. The second kappa shape index (κ2) is 12.5. The van der Waals surface area contributed by atoms with E-state index < -0.39 is 17.0 Å². The second-order valence-electron chi connectivity index (χ2n) is 14.3. The van der Waals surface area contributed by atoms with Gasteiger partial charge in [0.15, 0.2) is 5.82 Å². The number of rotatable bonds is 5. The average Bonchev–Trinajstić information content (AvgIpc) is 3.81. The van der Waals surface area contributed by atoms with Crippen LogP contribution in [0.2, 0.25) is 0 Å². The molecule has 0 bridgehead atoms. The fraction of sp³-hybridized carbons (Fsp3) is 0.486. The molecule has 2 fully saturated rings. The number of nitrogens with zero attached hydrogens (tertiary/aromatic N) is 6. The molecule has 3 aliphatic rings. The molecule has 6 rings (SSSR count). The van der Waals surface area contributed by atoms with Gasteiger partial charge in [-0.25, -0.2) is 28.9 Å². The summed E-state index contributed by atoms with van der Waals surface area (Å²) in [5, 5.41) is 0. The van der Waals surface area contributed by atoms with Crippen molar-refractivity contribution in [1.29, 1.82) is 0 Å². The van der Waals surface area contributed by atoms with Crippen LogP contribution in [0.25, 0.3) is 28.2 Å². The van der Waals surface area contributed by atoms with Crippen molar-refractivity contribution in [3.05, 3.63) is 60.2 Å². The molecule has 3 aliphatic heterocycles. The summed E-state index contributed by atoms with van der Waals surface area (Å²) >= 11 is 0. The Labute approximate surface area is 274 Å². The number of allylic oxidation sites excluding steroid dienone is 1. The lowest BCUT2D eigenvalue weighted by Gasteiger charge is -2.28. The molecule has 248 valence electrons. The van der Waals surface area contributed by atoms with Crippen LogP contribution in [-0.2, 0) is 9.47 Å². The number of carbonyl (C=O) groups is 2. The van der Waals surface area contributed by atoms with Crippen molar-refractivity contribution in [1.82, 2.24) is 29.7 Å². The van der Waals surface area contributed by atoms with Crippen LogP contribution >= 0.6 is 0 Å². The van der Waals surface area contributed by atoms with Gasteiger partial charge in [0.2, 0.25) is 0 Å². The fourth-order valence-corrected chi connectivity index (χ4v) is 6.23. The number of amides is 2. The molecule has 2 amide bonds. The van der Waals surface area contributed by atoms with Crippen LogP contribution in [0.15, 0.2) is 48.0 Å². The zero-order chi connectivity index (χ0) is 33.5. The van der Waals surface area contributed by atoms with Crippen molar-refractivity contribution in [3.63, 3.8) is 0 Å². The number of hydrogen-bond acceptors (Lipinski definition) is 8. The average molecular weight is 644 g/mol. The number of halogens is 1. The Morgan fingerprint density at radius 3 is 2.09 bits per heavy atom. The number of aromatic nitrogens is 4. The molecule has 5 heterocycles.